The minimum absolute atomic E-state index is 0.0168. The molecule has 1 aromatic carbocycles. The van der Waals surface area contributed by atoms with E-state index < -0.39 is 67.6 Å². The van der Waals surface area contributed by atoms with Gasteiger partial charge in [0.25, 0.3) is 26.1 Å². The van der Waals surface area contributed by atoms with Gasteiger partial charge in [0.05, 0.1) is 0 Å². The molecule has 1 aromatic rings. The van der Waals surface area contributed by atoms with E-state index in [2.05, 4.69) is 16.0 Å². The number of hydrogen-bond donors (Lipinski definition) is 9. The summed E-state index contributed by atoms with van der Waals surface area (Å²) in [6, 6.07) is 1.81. The summed E-state index contributed by atoms with van der Waals surface area (Å²) in [5, 5.41) is 9.99. The summed E-state index contributed by atoms with van der Waals surface area (Å²) in [6.07, 6.45) is 1.61. The number of hydrogen-bond acceptors (Lipinski definition) is 11. The number of carbonyl (C=O) groups excluding carboxylic acids is 4. The number of amides is 4. The Labute approximate surface area is 238 Å². The highest BCUT2D eigenvalue weighted by molar-refractivity contribution is 7.86. The molecule has 4 amide bonds. The number of nitrogens with one attached hydrogen (secondary N) is 5. The van der Waals surface area contributed by atoms with Crippen molar-refractivity contribution >= 4 is 49.6 Å². The van der Waals surface area contributed by atoms with Crippen molar-refractivity contribution in [2.75, 3.05) is 29.9 Å². The van der Waals surface area contributed by atoms with Crippen LogP contribution in [-0.2, 0) is 34.6 Å². The van der Waals surface area contributed by atoms with E-state index in [1.54, 1.807) is 29.7 Å². The lowest BCUT2D eigenvalue weighted by Crippen LogP contribution is -2.59. The van der Waals surface area contributed by atoms with Gasteiger partial charge in [0.15, 0.2) is 0 Å². The minimum Gasteiger partial charge on any atom is -0.385 e. The molecule has 0 heterocycles. The van der Waals surface area contributed by atoms with E-state index in [0.29, 0.717) is 12.0 Å². The molecule has 19 heteroatoms. The third-order valence-corrected chi connectivity index (χ3v) is 7.01. The molecule has 0 aliphatic carbocycles. The van der Waals surface area contributed by atoms with Crippen LogP contribution in [0.1, 0.15) is 43.0 Å². The second-order valence-corrected chi connectivity index (χ2v) is 12.0. The van der Waals surface area contributed by atoms with Crippen LogP contribution in [0.3, 0.4) is 0 Å². The van der Waals surface area contributed by atoms with E-state index in [9.17, 15) is 40.6 Å². The SMILES string of the molecule is CCCNc1ccc(C(=O)NCCCC[C@H](NC(=O)[C@H](CS(=O)(=O)O)NC(=O)[C@H](CS(=O)(=O)O)NN)C(N)=O)cc1. The number of primary amides is 1. The third kappa shape index (κ3) is 14.7. The van der Waals surface area contributed by atoms with Gasteiger partial charge in [0.2, 0.25) is 17.7 Å². The predicted molar refractivity (Wildman–Crippen MR) is 148 cm³/mol. The van der Waals surface area contributed by atoms with Crippen LogP contribution in [0.25, 0.3) is 0 Å². The van der Waals surface area contributed by atoms with Crippen molar-refractivity contribution < 1.29 is 45.1 Å². The smallest absolute Gasteiger partial charge is 0.267 e. The van der Waals surface area contributed by atoms with Gasteiger partial charge in [-0.3, -0.25) is 34.1 Å². The van der Waals surface area contributed by atoms with Crippen LogP contribution in [0.15, 0.2) is 24.3 Å². The molecular weight excluding hydrogens is 586 g/mol. The monoisotopic (exact) mass is 623 g/mol. The number of benzene rings is 1. The van der Waals surface area contributed by atoms with Gasteiger partial charge in [-0.25, -0.2) is 5.43 Å². The molecule has 232 valence electrons. The molecule has 1 rings (SSSR count). The van der Waals surface area contributed by atoms with Gasteiger partial charge in [-0.05, 0) is 49.9 Å². The van der Waals surface area contributed by atoms with Crippen LogP contribution < -0.4 is 38.3 Å². The van der Waals surface area contributed by atoms with Gasteiger partial charge in [-0.2, -0.15) is 16.8 Å². The summed E-state index contributed by atoms with van der Waals surface area (Å²) < 4.78 is 63.0. The summed E-state index contributed by atoms with van der Waals surface area (Å²) >= 11 is 0. The number of hydrazine groups is 1. The zero-order chi connectivity index (χ0) is 31.2. The molecule has 0 fully saturated rings. The fourth-order valence-electron chi connectivity index (χ4n) is 3.42. The van der Waals surface area contributed by atoms with Crippen LogP contribution in [0.4, 0.5) is 5.69 Å². The molecule has 0 radical (unpaired) electrons. The maximum Gasteiger partial charge on any atom is 0.267 e. The first-order valence-electron chi connectivity index (χ1n) is 12.4. The lowest BCUT2D eigenvalue weighted by molar-refractivity contribution is -0.131. The molecule has 17 nitrogen and oxygen atoms in total. The Morgan fingerprint density at radius 2 is 1.37 bits per heavy atom. The molecule has 0 spiro atoms. The second kappa shape index (κ2) is 16.8. The molecule has 3 atom stereocenters. The Balaban J connectivity index is 2.70. The van der Waals surface area contributed by atoms with Crippen molar-refractivity contribution in [1.82, 2.24) is 21.4 Å². The normalized spacial score (nSPS) is 13.9. The van der Waals surface area contributed by atoms with Crippen molar-refractivity contribution in [3.05, 3.63) is 29.8 Å². The van der Waals surface area contributed by atoms with E-state index in [-0.39, 0.29) is 25.3 Å². The summed E-state index contributed by atoms with van der Waals surface area (Å²) in [4.78, 5) is 49.2. The lowest BCUT2D eigenvalue weighted by Gasteiger charge is -2.23. The van der Waals surface area contributed by atoms with Crippen LogP contribution in [0.2, 0.25) is 0 Å². The van der Waals surface area contributed by atoms with Gasteiger partial charge < -0.3 is 27.0 Å². The Bertz CT molecular complexity index is 1260. The molecule has 41 heavy (non-hydrogen) atoms. The first-order valence-corrected chi connectivity index (χ1v) is 15.7. The zero-order valence-electron chi connectivity index (χ0n) is 22.3. The highest BCUT2D eigenvalue weighted by Crippen LogP contribution is 2.10. The Kier molecular flexibility index (Phi) is 14.6. The number of unbranched alkanes of at least 4 members (excludes halogenated alkanes) is 1. The molecule has 0 aromatic heterocycles. The number of nitrogens with two attached hydrogens (primary N) is 2. The topological polar surface area (TPSA) is 289 Å². The van der Waals surface area contributed by atoms with E-state index in [1.165, 1.54) is 0 Å². The van der Waals surface area contributed by atoms with E-state index in [4.69, 9.17) is 16.1 Å². The van der Waals surface area contributed by atoms with Gasteiger partial charge in [-0.1, -0.05) is 6.92 Å². The van der Waals surface area contributed by atoms with E-state index in [1.807, 2.05) is 12.2 Å². The molecule has 0 aliphatic rings. The van der Waals surface area contributed by atoms with Crippen LogP contribution >= 0.6 is 0 Å². The van der Waals surface area contributed by atoms with Crippen LogP contribution in [0, 0.1) is 0 Å². The molecule has 0 saturated carbocycles. The maximum absolute atomic E-state index is 12.7. The van der Waals surface area contributed by atoms with Crippen molar-refractivity contribution in [2.45, 2.75) is 50.7 Å². The van der Waals surface area contributed by atoms with E-state index >= 15 is 0 Å². The fourth-order valence-corrected chi connectivity index (χ4v) is 4.74. The molecule has 0 saturated heterocycles. The molecule has 0 bridgehead atoms. The van der Waals surface area contributed by atoms with Crippen molar-refractivity contribution in [2.24, 2.45) is 11.6 Å². The highest BCUT2D eigenvalue weighted by Gasteiger charge is 2.32. The average Bonchev–Trinajstić information content (AvgIpc) is 2.87. The first kappa shape index (κ1) is 35.7. The van der Waals surface area contributed by atoms with Crippen LogP contribution in [0.5, 0.6) is 0 Å². The van der Waals surface area contributed by atoms with Crippen LogP contribution in [-0.4, -0.2) is 92.3 Å². The van der Waals surface area contributed by atoms with Gasteiger partial charge in [-0.15, -0.1) is 0 Å². The largest absolute Gasteiger partial charge is 0.385 e. The Morgan fingerprint density at radius 1 is 0.829 bits per heavy atom. The van der Waals surface area contributed by atoms with Gasteiger partial charge in [0.1, 0.15) is 29.6 Å². The van der Waals surface area contributed by atoms with Crippen molar-refractivity contribution in [1.29, 1.82) is 0 Å². The quantitative estimate of drug-likeness (QED) is 0.0333. The average molecular weight is 624 g/mol. The molecule has 11 N–H and O–H groups in total. The second-order valence-electron chi connectivity index (χ2n) is 9.00. The van der Waals surface area contributed by atoms with Gasteiger partial charge in [0, 0.05) is 24.3 Å². The Hall–Kier alpha value is -3.36. The first-order chi connectivity index (χ1) is 19.1. The third-order valence-electron chi connectivity index (χ3n) is 5.50. The molecule has 0 aliphatic heterocycles. The van der Waals surface area contributed by atoms with Gasteiger partial charge >= 0.3 is 0 Å². The molecule has 0 unspecified atom stereocenters. The summed E-state index contributed by atoms with van der Waals surface area (Å²) in [6.45, 7) is 3.07. The predicted octanol–water partition coefficient (Wildman–Crippen LogP) is -2.53. The minimum atomic E-state index is -4.85. The highest BCUT2D eigenvalue weighted by atomic mass is 32.2. The summed E-state index contributed by atoms with van der Waals surface area (Å²) in [5.41, 5.74) is 8.45. The van der Waals surface area contributed by atoms with E-state index in [0.717, 1.165) is 18.7 Å². The lowest BCUT2D eigenvalue weighted by atomic mass is 10.1. The Morgan fingerprint density at radius 3 is 1.88 bits per heavy atom. The molecular formula is C22H37N7O10S2. The maximum atomic E-state index is 12.7. The fraction of sp³-hybridized carbons (Fsp3) is 0.545. The number of carbonyl (C=O) groups is 4. The van der Waals surface area contributed by atoms with Crippen molar-refractivity contribution in [3.8, 4) is 0 Å². The number of anilines is 1. The zero-order valence-corrected chi connectivity index (χ0v) is 24.0. The summed E-state index contributed by atoms with van der Waals surface area (Å²) in [5.74, 6) is -1.28. The van der Waals surface area contributed by atoms with Crippen molar-refractivity contribution in [3.63, 3.8) is 0 Å². The standard InChI is InChI=1S/C22H37N7O10S2/c1-2-10-25-15-8-6-14(7-9-15)20(31)26-11-4-3-5-16(19(23)30)27-21(32)17(12-40(34,35)36)28-22(33)18(29-24)13-41(37,38)39/h6-9,16-18,25,29H,2-5,10-13,24H2,1H3,(H2,23,30)(H,26,31)(H,27,32)(H,28,33)(H,34,35,36)(H,37,38,39)/t16-,17-,18-/m0/s1. The number of rotatable bonds is 19. The summed E-state index contributed by atoms with van der Waals surface area (Å²) in [7, 11) is -9.56.